The van der Waals surface area contributed by atoms with E-state index in [4.69, 9.17) is 15.2 Å². The summed E-state index contributed by atoms with van der Waals surface area (Å²) in [6.45, 7) is 6.38. The molecule has 1 aliphatic carbocycles. The Morgan fingerprint density at radius 3 is 2.47 bits per heavy atom. The summed E-state index contributed by atoms with van der Waals surface area (Å²) < 4.78 is 10.8. The van der Waals surface area contributed by atoms with Crippen molar-refractivity contribution in [3.05, 3.63) is 100 Å². The molecule has 1 heterocycles. The molecular weight excluding hydrogens is 542 g/mol. The van der Waals surface area contributed by atoms with Crippen molar-refractivity contribution in [2.75, 3.05) is 7.11 Å². The fourth-order valence-electron chi connectivity index (χ4n) is 5.86. The highest BCUT2D eigenvalue weighted by molar-refractivity contribution is 5.91. The van der Waals surface area contributed by atoms with E-state index in [-0.39, 0.29) is 30.4 Å². The van der Waals surface area contributed by atoms with Crippen LogP contribution in [-0.2, 0) is 40.3 Å². The Balaban J connectivity index is 1.35. The van der Waals surface area contributed by atoms with Crippen LogP contribution in [0.2, 0.25) is 0 Å². The molecule has 3 N–H and O–H groups in total. The topological polar surface area (TPSA) is 111 Å². The van der Waals surface area contributed by atoms with Gasteiger partial charge in [-0.2, -0.15) is 0 Å². The Bertz CT molecular complexity index is 1490. The maximum absolute atomic E-state index is 13.9. The molecule has 226 valence electrons. The number of carbonyl (C=O) groups is 3. The minimum atomic E-state index is -0.757. The second-order valence-electron chi connectivity index (χ2n) is 12.6. The minimum absolute atomic E-state index is 0.0791. The van der Waals surface area contributed by atoms with Crippen molar-refractivity contribution in [2.24, 2.45) is 11.1 Å². The molecule has 8 nitrogen and oxygen atoms in total. The number of hydrogen-bond acceptors (Lipinski definition) is 6. The van der Waals surface area contributed by atoms with Crippen molar-refractivity contribution in [1.82, 2.24) is 10.2 Å². The lowest BCUT2D eigenvalue weighted by atomic mass is 9.84. The van der Waals surface area contributed by atoms with E-state index < -0.39 is 17.5 Å². The number of ether oxygens (including phenoxy) is 2. The summed E-state index contributed by atoms with van der Waals surface area (Å²) in [4.78, 5) is 41.1. The second kappa shape index (κ2) is 12.6. The summed E-state index contributed by atoms with van der Waals surface area (Å²) in [7, 11) is 1.35. The normalized spacial score (nSPS) is 18.6. The molecule has 0 spiro atoms. The summed E-state index contributed by atoms with van der Waals surface area (Å²) in [5, 5.41) is 3.28. The predicted molar refractivity (Wildman–Crippen MR) is 164 cm³/mol. The largest absolute Gasteiger partial charge is 0.489 e. The van der Waals surface area contributed by atoms with E-state index in [1.165, 1.54) is 12.7 Å². The van der Waals surface area contributed by atoms with Gasteiger partial charge in [-0.3, -0.25) is 9.59 Å². The molecule has 3 atom stereocenters. The first-order valence-corrected chi connectivity index (χ1v) is 14.9. The van der Waals surface area contributed by atoms with Crippen molar-refractivity contribution >= 4 is 17.8 Å². The van der Waals surface area contributed by atoms with Crippen LogP contribution in [0.15, 0.2) is 66.7 Å². The Morgan fingerprint density at radius 1 is 1.00 bits per heavy atom. The molecule has 2 amide bonds. The van der Waals surface area contributed by atoms with Gasteiger partial charge in [-0.1, -0.05) is 63.2 Å². The van der Waals surface area contributed by atoms with Crippen molar-refractivity contribution in [1.29, 1.82) is 0 Å². The zero-order valence-electron chi connectivity index (χ0n) is 25.4. The summed E-state index contributed by atoms with van der Waals surface area (Å²) in [5.74, 6) is -0.120. The summed E-state index contributed by atoms with van der Waals surface area (Å²) in [6, 6.07) is 19.6. The molecule has 2 aliphatic rings. The summed E-state index contributed by atoms with van der Waals surface area (Å²) >= 11 is 0. The molecule has 0 aromatic heterocycles. The quantitative estimate of drug-likeness (QED) is 0.384. The van der Waals surface area contributed by atoms with E-state index in [2.05, 4.69) is 17.4 Å². The highest BCUT2D eigenvalue weighted by atomic mass is 16.5. The van der Waals surface area contributed by atoms with Gasteiger partial charge in [0, 0.05) is 13.0 Å². The standard InChI is InChI=1S/C35H41N3O5/c1-35(2,3)31(36)33(40)38-20-26-18-27(43-21-22-12-14-24(15-13-22)34(41)42-4)17-16-25(26)19-30(38)32(39)37-29-11-7-9-23-8-5-6-10-28(23)29/h5-6,8,10,12-18,29-31H,7,9,11,19-21,36H2,1-4H3,(H,37,39)/t29?,30-,31+/m0/s1. The van der Waals surface area contributed by atoms with Gasteiger partial charge >= 0.3 is 5.97 Å². The van der Waals surface area contributed by atoms with E-state index >= 15 is 0 Å². The number of aryl methyl sites for hydroxylation is 1. The van der Waals surface area contributed by atoms with Gasteiger partial charge in [0.25, 0.3) is 0 Å². The van der Waals surface area contributed by atoms with Gasteiger partial charge in [-0.15, -0.1) is 0 Å². The van der Waals surface area contributed by atoms with E-state index in [1.54, 1.807) is 17.0 Å². The monoisotopic (exact) mass is 583 g/mol. The summed E-state index contributed by atoms with van der Waals surface area (Å²) in [6.07, 6.45) is 3.28. The molecule has 3 aromatic rings. The molecule has 0 saturated heterocycles. The average molecular weight is 584 g/mol. The lowest BCUT2D eigenvalue weighted by Gasteiger charge is -2.40. The number of amides is 2. The van der Waals surface area contributed by atoms with Crippen LogP contribution in [0.1, 0.15) is 77.8 Å². The molecule has 1 aliphatic heterocycles. The molecule has 43 heavy (non-hydrogen) atoms. The number of carbonyl (C=O) groups excluding carboxylic acids is 3. The van der Waals surface area contributed by atoms with E-state index in [9.17, 15) is 14.4 Å². The lowest BCUT2D eigenvalue weighted by Crippen LogP contribution is -2.59. The smallest absolute Gasteiger partial charge is 0.337 e. The predicted octanol–water partition coefficient (Wildman–Crippen LogP) is 4.87. The van der Waals surface area contributed by atoms with Crippen molar-refractivity contribution in [2.45, 2.75) is 77.7 Å². The Hall–Kier alpha value is -4.17. The highest BCUT2D eigenvalue weighted by Crippen LogP contribution is 2.33. The van der Waals surface area contributed by atoms with Gasteiger partial charge in [0.2, 0.25) is 11.8 Å². The third-order valence-electron chi connectivity index (χ3n) is 8.56. The number of rotatable bonds is 7. The van der Waals surface area contributed by atoms with Crippen LogP contribution in [0, 0.1) is 5.41 Å². The number of esters is 1. The first-order chi connectivity index (χ1) is 20.5. The Labute approximate surface area is 253 Å². The molecule has 0 fully saturated rings. The van der Waals surface area contributed by atoms with Gasteiger partial charge in [0.15, 0.2) is 0 Å². The number of hydrogen-bond donors (Lipinski definition) is 2. The first kappa shape index (κ1) is 30.3. The molecule has 3 aromatic carbocycles. The third-order valence-corrected chi connectivity index (χ3v) is 8.56. The molecule has 0 radical (unpaired) electrons. The molecule has 1 unspecified atom stereocenters. The van der Waals surface area contributed by atoms with Gasteiger partial charge in [-0.05, 0) is 76.8 Å². The van der Waals surface area contributed by atoms with E-state index in [1.807, 2.05) is 63.2 Å². The van der Waals surface area contributed by atoms with Crippen LogP contribution < -0.4 is 15.8 Å². The SMILES string of the molecule is COC(=O)c1ccc(COc2ccc3c(c2)CN(C(=O)[C@@H](N)C(C)(C)C)[C@H](C(=O)NC2CCCc4ccccc42)C3)cc1. The lowest BCUT2D eigenvalue weighted by molar-refractivity contribution is -0.145. The fraction of sp³-hybridized carbons (Fsp3) is 0.400. The number of nitrogens with one attached hydrogen (secondary N) is 1. The molecule has 0 saturated carbocycles. The maximum atomic E-state index is 13.9. The Morgan fingerprint density at radius 2 is 1.74 bits per heavy atom. The zero-order chi connectivity index (χ0) is 30.7. The minimum Gasteiger partial charge on any atom is -0.489 e. The van der Waals surface area contributed by atoms with E-state index in [0.717, 1.165) is 41.5 Å². The third kappa shape index (κ3) is 6.75. The van der Waals surface area contributed by atoms with Crippen LogP contribution in [0.25, 0.3) is 0 Å². The van der Waals surface area contributed by atoms with Gasteiger partial charge < -0.3 is 25.4 Å². The second-order valence-corrected chi connectivity index (χ2v) is 12.6. The molecule has 0 bridgehead atoms. The van der Waals surface area contributed by atoms with Gasteiger partial charge in [-0.25, -0.2) is 4.79 Å². The van der Waals surface area contributed by atoms with Crippen molar-refractivity contribution in [3.8, 4) is 5.75 Å². The zero-order valence-corrected chi connectivity index (χ0v) is 25.4. The number of methoxy groups -OCH3 is 1. The van der Waals surface area contributed by atoms with Gasteiger partial charge in [0.1, 0.15) is 18.4 Å². The van der Waals surface area contributed by atoms with Crippen LogP contribution >= 0.6 is 0 Å². The fourth-order valence-corrected chi connectivity index (χ4v) is 5.86. The van der Waals surface area contributed by atoms with E-state index in [0.29, 0.717) is 24.3 Å². The molecule has 5 rings (SSSR count). The number of nitrogens with zero attached hydrogens (tertiary/aromatic N) is 1. The summed E-state index contributed by atoms with van der Waals surface area (Å²) in [5.41, 5.74) is 11.7. The van der Waals surface area contributed by atoms with Gasteiger partial charge in [0.05, 0.1) is 24.8 Å². The van der Waals surface area contributed by atoms with Crippen LogP contribution in [-0.4, -0.2) is 41.9 Å². The molecule has 8 heteroatoms. The number of nitrogens with two attached hydrogens (primary N) is 1. The highest BCUT2D eigenvalue weighted by Gasteiger charge is 2.40. The Kier molecular flexibility index (Phi) is 8.87. The van der Waals surface area contributed by atoms with Crippen LogP contribution in [0.3, 0.4) is 0 Å². The molecular formula is C35H41N3O5. The van der Waals surface area contributed by atoms with Crippen LogP contribution in [0.5, 0.6) is 5.75 Å². The maximum Gasteiger partial charge on any atom is 0.337 e. The number of fused-ring (bicyclic) bond motifs is 2. The average Bonchev–Trinajstić information content (AvgIpc) is 3.01. The van der Waals surface area contributed by atoms with Crippen LogP contribution in [0.4, 0.5) is 0 Å². The first-order valence-electron chi connectivity index (χ1n) is 14.9. The van der Waals surface area contributed by atoms with Crippen molar-refractivity contribution in [3.63, 3.8) is 0 Å². The van der Waals surface area contributed by atoms with Crippen molar-refractivity contribution < 1.29 is 23.9 Å². The number of benzene rings is 3.